The van der Waals surface area contributed by atoms with E-state index in [1.54, 1.807) is 11.3 Å². The molecule has 286 valence electrons. The van der Waals surface area contributed by atoms with Crippen LogP contribution in [0, 0.1) is 6.07 Å². The zero-order valence-corrected chi connectivity index (χ0v) is 36.6. The van der Waals surface area contributed by atoms with Gasteiger partial charge in [0.1, 0.15) is 5.75 Å². The summed E-state index contributed by atoms with van der Waals surface area (Å²) in [7, 11) is 0. The molecule has 0 aliphatic heterocycles. The van der Waals surface area contributed by atoms with Gasteiger partial charge in [-0.05, 0) is 74.7 Å². The Balaban J connectivity index is 0.00000480. The molecule has 1 N–H and O–H groups in total. The maximum absolute atomic E-state index is 12.0. The van der Waals surface area contributed by atoms with Crippen LogP contribution >= 0.6 is 11.3 Å². The fourth-order valence-electron chi connectivity index (χ4n) is 7.44. The van der Waals surface area contributed by atoms with Gasteiger partial charge in [-0.1, -0.05) is 117 Å². The molecule has 3 heterocycles. The van der Waals surface area contributed by atoms with Crippen molar-refractivity contribution in [1.82, 2.24) is 14.5 Å². The van der Waals surface area contributed by atoms with Crippen LogP contribution in [0.15, 0.2) is 121 Å². The standard InChI is InChI=1S/C50H48N3OS.Pt/c1-48(2,3)33-23-24-41(37(27-33)31-17-12-10-13-18-31)53-42-22-16-21-35(45(42)52-47(53)32-19-14-11-15-20-32)40-30-43-36(25-26-55-43)44(51-40)38-28-34(49(4,5)6)29-39(46(38)54)50(7,8)9;/h10-19,21-30,54H,1-9H3;/q-1;. The van der Waals surface area contributed by atoms with Gasteiger partial charge in [-0.2, -0.15) is 0 Å². The number of aromatic nitrogens is 3. The number of phenolic OH excluding ortho intramolecular Hbond substituents is 1. The molecule has 3 aromatic heterocycles. The van der Waals surface area contributed by atoms with Gasteiger partial charge in [-0.15, -0.1) is 47.2 Å². The normalized spacial score (nSPS) is 12.3. The van der Waals surface area contributed by atoms with E-state index < -0.39 is 0 Å². The molecule has 8 aromatic rings. The quantitative estimate of drug-likeness (QED) is 0.175. The average molecular weight is 934 g/mol. The van der Waals surface area contributed by atoms with Crippen LogP contribution in [0.2, 0.25) is 0 Å². The van der Waals surface area contributed by atoms with Crippen molar-refractivity contribution in [2.45, 2.75) is 78.6 Å². The number of hydrogen-bond donors (Lipinski definition) is 1. The van der Waals surface area contributed by atoms with Gasteiger partial charge >= 0.3 is 0 Å². The van der Waals surface area contributed by atoms with Crippen LogP contribution in [0.3, 0.4) is 0 Å². The first kappa shape index (κ1) is 39.4. The second-order valence-corrected chi connectivity index (χ2v) is 18.6. The first-order valence-electron chi connectivity index (χ1n) is 19.1. The third kappa shape index (κ3) is 7.17. The number of thiophene rings is 1. The Morgan fingerprint density at radius 2 is 1.36 bits per heavy atom. The molecule has 0 spiro atoms. The number of benzene rings is 5. The summed E-state index contributed by atoms with van der Waals surface area (Å²) in [6, 6.07) is 44.0. The number of imidazole rings is 1. The van der Waals surface area contributed by atoms with Crippen molar-refractivity contribution in [3.63, 3.8) is 0 Å². The van der Waals surface area contributed by atoms with Gasteiger partial charge in [0.2, 0.25) is 0 Å². The van der Waals surface area contributed by atoms with Gasteiger partial charge in [0.25, 0.3) is 0 Å². The molecule has 4 nitrogen and oxygen atoms in total. The molecule has 0 fully saturated rings. The number of hydrogen-bond acceptors (Lipinski definition) is 4. The Kier molecular flexibility index (Phi) is 10.3. The minimum absolute atomic E-state index is 0. The largest absolute Gasteiger partial charge is 0.507 e. The van der Waals surface area contributed by atoms with Crippen LogP contribution < -0.4 is 0 Å². The Morgan fingerprint density at radius 1 is 0.643 bits per heavy atom. The fraction of sp³-hybridized carbons (Fsp3) is 0.240. The maximum atomic E-state index is 12.0. The van der Waals surface area contributed by atoms with Gasteiger partial charge < -0.3 is 9.67 Å². The summed E-state index contributed by atoms with van der Waals surface area (Å²) in [5, 5.41) is 15.2. The Labute approximate surface area is 349 Å². The van der Waals surface area contributed by atoms with E-state index in [2.05, 4.69) is 175 Å². The van der Waals surface area contributed by atoms with Crippen molar-refractivity contribution < 1.29 is 26.2 Å². The zero-order valence-electron chi connectivity index (χ0n) is 33.6. The van der Waals surface area contributed by atoms with Crippen molar-refractivity contribution in [1.29, 1.82) is 0 Å². The number of para-hydroxylation sites is 1. The number of rotatable bonds is 5. The molecule has 0 aliphatic carbocycles. The van der Waals surface area contributed by atoms with E-state index in [0.717, 1.165) is 83.0 Å². The molecule has 0 aliphatic rings. The molecule has 5 aromatic carbocycles. The first-order chi connectivity index (χ1) is 26.1. The Bertz CT molecular complexity index is 2710. The summed E-state index contributed by atoms with van der Waals surface area (Å²) in [4.78, 5) is 10.9. The molecular weight excluding hydrogens is 886 g/mol. The topological polar surface area (TPSA) is 50.9 Å². The number of nitrogens with zero attached hydrogens (tertiary/aromatic N) is 3. The van der Waals surface area contributed by atoms with E-state index in [1.807, 2.05) is 18.2 Å². The minimum atomic E-state index is -0.265. The van der Waals surface area contributed by atoms with Gasteiger partial charge in [0.15, 0.2) is 0 Å². The summed E-state index contributed by atoms with van der Waals surface area (Å²) in [6.07, 6.45) is 0. The van der Waals surface area contributed by atoms with E-state index in [9.17, 15) is 5.11 Å². The second kappa shape index (κ2) is 14.6. The van der Waals surface area contributed by atoms with Crippen molar-refractivity contribution >= 4 is 32.5 Å². The fourth-order valence-corrected chi connectivity index (χ4v) is 8.26. The Hall–Kier alpha value is -4.83. The van der Waals surface area contributed by atoms with Crippen LogP contribution in [0.1, 0.15) is 79.0 Å². The summed E-state index contributed by atoms with van der Waals surface area (Å²) in [5.74, 6) is 1.10. The molecule has 8 rings (SSSR count). The van der Waals surface area contributed by atoms with Crippen molar-refractivity contribution in [3.05, 3.63) is 143 Å². The Morgan fingerprint density at radius 3 is 2.04 bits per heavy atom. The second-order valence-electron chi connectivity index (χ2n) is 17.7. The van der Waals surface area contributed by atoms with Crippen LogP contribution in [0.25, 0.3) is 71.8 Å². The van der Waals surface area contributed by atoms with Crippen molar-refractivity contribution in [3.8, 4) is 56.5 Å². The number of pyridine rings is 1. The molecule has 0 saturated carbocycles. The summed E-state index contributed by atoms with van der Waals surface area (Å²) >= 11 is 1.69. The molecule has 0 bridgehead atoms. The molecule has 0 saturated heterocycles. The third-order valence-electron chi connectivity index (χ3n) is 10.6. The minimum Gasteiger partial charge on any atom is -0.507 e. The van der Waals surface area contributed by atoms with Gasteiger partial charge in [-0.25, -0.2) is 4.98 Å². The predicted octanol–water partition coefficient (Wildman–Crippen LogP) is 13.7. The van der Waals surface area contributed by atoms with Crippen molar-refractivity contribution in [2.75, 3.05) is 0 Å². The molecule has 56 heavy (non-hydrogen) atoms. The van der Waals surface area contributed by atoms with Crippen LogP contribution in [0.5, 0.6) is 5.75 Å². The average Bonchev–Trinajstić information content (AvgIpc) is 3.79. The van der Waals surface area contributed by atoms with E-state index in [0.29, 0.717) is 0 Å². The number of aromatic hydroxyl groups is 1. The number of fused-ring (bicyclic) bond motifs is 2. The van der Waals surface area contributed by atoms with Gasteiger partial charge in [-0.3, -0.25) is 4.98 Å². The maximum Gasteiger partial charge on any atom is 0.128 e. The monoisotopic (exact) mass is 933 g/mol. The zero-order chi connectivity index (χ0) is 38.9. The first-order valence-corrected chi connectivity index (χ1v) is 19.9. The van der Waals surface area contributed by atoms with Crippen molar-refractivity contribution in [2.24, 2.45) is 0 Å². The smallest absolute Gasteiger partial charge is 0.128 e. The van der Waals surface area contributed by atoms with Gasteiger partial charge in [0.05, 0.1) is 28.2 Å². The van der Waals surface area contributed by atoms with Gasteiger partial charge in [0, 0.05) is 59.1 Å². The van der Waals surface area contributed by atoms with Crippen LogP contribution in [-0.2, 0) is 37.3 Å². The summed E-state index contributed by atoms with van der Waals surface area (Å²) < 4.78 is 3.40. The predicted molar refractivity (Wildman–Crippen MR) is 233 cm³/mol. The molecular formula is C50H48N3OPtS-. The third-order valence-corrected chi connectivity index (χ3v) is 11.5. The van der Waals surface area contributed by atoms with Crippen LogP contribution in [0.4, 0.5) is 0 Å². The van der Waals surface area contributed by atoms with E-state index >= 15 is 0 Å². The van der Waals surface area contributed by atoms with E-state index in [1.165, 1.54) is 5.56 Å². The molecule has 6 heteroatoms. The number of phenols is 1. The van der Waals surface area contributed by atoms with E-state index in [4.69, 9.17) is 9.97 Å². The molecule has 0 unspecified atom stereocenters. The molecule has 0 amide bonds. The summed E-state index contributed by atoms with van der Waals surface area (Å²) in [5.41, 5.74) is 12.3. The molecule has 0 radical (unpaired) electrons. The van der Waals surface area contributed by atoms with Crippen LogP contribution in [-0.4, -0.2) is 19.6 Å². The SMILES string of the molecule is CC(C)(C)c1ccc(-n2c(-c3[c-]cccc3)nc3c(-c4cc5sccc5c(-c5cc(C(C)(C)C)cc(C(C)(C)C)c5O)n4)cccc32)c(-c2ccccc2)c1.[Pt]. The van der Waals surface area contributed by atoms with E-state index in [-0.39, 0.29) is 43.1 Å². The molecule has 0 atom stereocenters. The summed E-state index contributed by atoms with van der Waals surface area (Å²) in [6.45, 7) is 19.9.